The Morgan fingerprint density at radius 3 is 2.23 bits per heavy atom. The molecule has 168 valence electrons. The average Bonchev–Trinajstić information content (AvgIpc) is 3.52. The van der Waals surface area contributed by atoms with Gasteiger partial charge in [-0.3, -0.25) is 4.79 Å². The topological polar surface area (TPSA) is 85.7 Å². The lowest BCUT2D eigenvalue weighted by Gasteiger charge is -2.28. The van der Waals surface area contributed by atoms with Crippen LogP contribution in [0.25, 0.3) is 0 Å². The molecule has 0 aliphatic heterocycles. The third kappa shape index (κ3) is 4.06. The highest BCUT2D eigenvalue weighted by Crippen LogP contribution is 2.36. The van der Waals surface area contributed by atoms with Gasteiger partial charge in [-0.25, -0.2) is 13.2 Å². The Morgan fingerprint density at radius 1 is 1.16 bits per heavy atom. The van der Waals surface area contributed by atoms with Crippen LogP contribution in [0.4, 0.5) is 0 Å². The van der Waals surface area contributed by atoms with Gasteiger partial charge in [0, 0.05) is 23.8 Å². The second kappa shape index (κ2) is 8.59. The second-order valence-corrected chi connectivity index (χ2v) is 9.93. The Balaban J connectivity index is 2.06. The molecule has 3 rings (SSSR count). The Morgan fingerprint density at radius 2 is 1.74 bits per heavy atom. The van der Waals surface area contributed by atoms with Gasteiger partial charge in [0.1, 0.15) is 5.69 Å². The molecule has 1 saturated carbocycles. The summed E-state index contributed by atoms with van der Waals surface area (Å²) in [7, 11) is -2.55. The van der Waals surface area contributed by atoms with E-state index in [1.807, 2.05) is 13.8 Å². The highest BCUT2D eigenvalue weighted by Gasteiger charge is 2.44. The van der Waals surface area contributed by atoms with E-state index >= 15 is 0 Å². The summed E-state index contributed by atoms with van der Waals surface area (Å²) in [6.45, 7) is 9.39. The minimum absolute atomic E-state index is 0.180. The zero-order valence-corrected chi connectivity index (χ0v) is 19.7. The van der Waals surface area contributed by atoms with Crippen LogP contribution in [0.15, 0.2) is 29.2 Å². The Kier molecular flexibility index (Phi) is 6.43. The van der Waals surface area contributed by atoms with E-state index in [9.17, 15) is 18.0 Å². The molecule has 0 bridgehead atoms. The number of methoxy groups -OCH3 is 1. The van der Waals surface area contributed by atoms with Crippen molar-refractivity contribution in [3.05, 3.63) is 52.3 Å². The largest absolute Gasteiger partial charge is 0.464 e. The predicted octanol–water partition coefficient (Wildman–Crippen LogP) is 3.64. The summed E-state index contributed by atoms with van der Waals surface area (Å²) in [4.78, 5) is 26.1. The summed E-state index contributed by atoms with van der Waals surface area (Å²) < 4.78 is 34.9. The molecule has 1 aliphatic rings. The SMILES string of the molecule is CCn1c(C)c(C(=O)C(C)N(C2CC2)S(=O)(=O)c2ccc(C)cc2)c(C)c1C(=O)OC. The van der Waals surface area contributed by atoms with Crippen LogP contribution >= 0.6 is 0 Å². The van der Waals surface area contributed by atoms with Crippen LogP contribution in [-0.4, -0.2) is 48.2 Å². The normalized spacial score (nSPS) is 15.2. The summed E-state index contributed by atoms with van der Waals surface area (Å²) in [6, 6.07) is 5.58. The van der Waals surface area contributed by atoms with Gasteiger partial charge in [-0.2, -0.15) is 4.31 Å². The van der Waals surface area contributed by atoms with Crippen molar-refractivity contribution in [2.75, 3.05) is 7.11 Å². The Labute approximate surface area is 184 Å². The maximum Gasteiger partial charge on any atom is 0.354 e. The third-order valence-electron chi connectivity index (χ3n) is 5.97. The molecule has 1 aromatic carbocycles. The van der Waals surface area contributed by atoms with Crippen LogP contribution in [-0.2, 0) is 21.3 Å². The summed E-state index contributed by atoms with van der Waals surface area (Å²) >= 11 is 0. The van der Waals surface area contributed by atoms with Gasteiger partial charge in [0.05, 0.1) is 18.0 Å². The van der Waals surface area contributed by atoms with E-state index in [4.69, 9.17) is 4.74 Å². The first-order valence-electron chi connectivity index (χ1n) is 10.5. The molecule has 1 aliphatic carbocycles. The first-order valence-corrected chi connectivity index (χ1v) is 11.9. The number of rotatable bonds is 8. The van der Waals surface area contributed by atoms with Crippen LogP contribution < -0.4 is 0 Å². The third-order valence-corrected chi connectivity index (χ3v) is 8.01. The van der Waals surface area contributed by atoms with Crippen LogP contribution in [0.1, 0.15) is 64.4 Å². The molecule has 0 amide bonds. The van der Waals surface area contributed by atoms with Crippen molar-refractivity contribution in [2.24, 2.45) is 0 Å². The van der Waals surface area contributed by atoms with Crippen molar-refractivity contribution in [3.8, 4) is 0 Å². The van der Waals surface area contributed by atoms with Crippen LogP contribution in [0.3, 0.4) is 0 Å². The highest BCUT2D eigenvalue weighted by atomic mass is 32.2. The maximum atomic E-state index is 13.6. The molecule has 1 fully saturated rings. The molecule has 0 saturated heterocycles. The summed E-state index contributed by atoms with van der Waals surface area (Å²) in [5, 5.41) is 0. The highest BCUT2D eigenvalue weighted by molar-refractivity contribution is 7.89. The number of aromatic nitrogens is 1. The van der Waals surface area contributed by atoms with Gasteiger partial charge in [-0.15, -0.1) is 0 Å². The minimum atomic E-state index is -3.85. The van der Waals surface area contributed by atoms with Gasteiger partial charge in [-0.1, -0.05) is 17.7 Å². The maximum absolute atomic E-state index is 13.6. The number of esters is 1. The number of aryl methyl sites for hydroxylation is 1. The summed E-state index contributed by atoms with van der Waals surface area (Å²) in [6.07, 6.45) is 1.45. The number of hydrogen-bond acceptors (Lipinski definition) is 5. The van der Waals surface area contributed by atoms with Crippen molar-refractivity contribution in [2.45, 2.75) is 71.0 Å². The number of hydrogen-bond donors (Lipinski definition) is 0. The fourth-order valence-corrected chi connectivity index (χ4v) is 6.06. The number of nitrogens with zero attached hydrogens (tertiary/aromatic N) is 2. The summed E-state index contributed by atoms with van der Waals surface area (Å²) in [5.74, 6) is -0.824. The molecule has 2 aromatic rings. The van der Waals surface area contributed by atoms with E-state index in [-0.39, 0.29) is 16.7 Å². The molecular weight excluding hydrogens is 416 g/mol. The van der Waals surface area contributed by atoms with Crippen molar-refractivity contribution in [1.29, 1.82) is 0 Å². The quantitative estimate of drug-likeness (QED) is 0.456. The van der Waals surface area contributed by atoms with E-state index in [2.05, 4.69) is 0 Å². The lowest BCUT2D eigenvalue weighted by atomic mass is 10.0. The number of carbonyl (C=O) groups excluding carboxylic acids is 2. The standard InChI is InChI=1S/C23H30N2O5S/c1-7-24-16(4)20(15(3)21(24)23(27)30-6)22(26)17(5)25(18-10-11-18)31(28,29)19-12-8-14(2)9-13-19/h8-9,12-13,17-18H,7,10-11H2,1-6H3. The molecule has 31 heavy (non-hydrogen) atoms. The lowest BCUT2D eigenvalue weighted by molar-refractivity contribution is 0.0587. The number of sulfonamides is 1. The van der Waals surface area contributed by atoms with Gasteiger partial charge in [-0.05, 0) is 65.2 Å². The molecule has 8 heteroatoms. The Hall–Kier alpha value is -2.45. The molecule has 1 aromatic heterocycles. The van der Waals surface area contributed by atoms with Crippen molar-refractivity contribution in [1.82, 2.24) is 8.87 Å². The molecule has 0 spiro atoms. The minimum Gasteiger partial charge on any atom is -0.464 e. The molecule has 0 radical (unpaired) electrons. The van der Waals surface area contributed by atoms with Crippen LogP contribution in [0.2, 0.25) is 0 Å². The first-order chi connectivity index (χ1) is 14.6. The number of ether oxygens (including phenoxy) is 1. The van der Waals surface area contributed by atoms with E-state index in [0.717, 1.165) is 18.4 Å². The molecular formula is C23H30N2O5S. The number of carbonyl (C=O) groups is 2. The second-order valence-electron chi connectivity index (χ2n) is 8.09. The van der Waals surface area contributed by atoms with E-state index in [1.165, 1.54) is 11.4 Å². The molecule has 0 N–H and O–H groups in total. The van der Waals surface area contributed by atoms with Crippen molar-refractivity contribution >= 4 is 21.8 Å². The van der Waals surface area contributed by atoms with Crippen LogP contribution in [0, 0.1) is 20.8 Å². The summed E-state index contributed by atoms with van der Waals surface area (Å²) in [5.41, 5.74) is 2.84. The zero-order valence-electron chi connectivity index (χ0n) is 18.9. The average molecular weight is 447 g/mol. The molecule has 7 nitrogen and oxygen atoms in total. The Bertz CT molecular complexity index is 1110. The molecule has 1 atom stereocenters. The van der Waals surface area contributed by atoms with Crippen molar-refractivity contribution < 1.29 is 22.7 Å². The van der Waals surface area contributed by atoms with E-state index in [0.29, 0.717) is 29.1 Å². The van der Waals surface area contributed by atoms with Gasteiger partial charge < -0.3 is 9.30 Å². The van der Waals surface area contributed by atoms with E-state index < -0.39 is 22.0 Å². The molecule has 1 heterocycles. The fraction of sp³-hybridized carbons (Fsp3) is 0.478. The van der Waals surface area contributed by atoms with E-state index in [1.54, 1.807) is 49.6 Å². The van der Waals surface area contributed by atoms with Crippen LogP contribution in [0.5, 0.6) is 0 Å². The number of benzene rings is 1. The van der Waals surface area contributed by atoms with Gasteiger partial charge >= 0.3 is 5.97 Å². The zero-order chi connectivity index (χ0) is 23.1. The van der Waals surface area contributed by atoms with Gasteiger partial charge in [0.2, 0.25) is 10.0 Å². The van der Waals surface area contributed by atoms with Gasteiger partial charge in [0.15, 0.2) is 5.78 Å². The van der Waals surface area contributed by atoms with Gasteiger partial charge in [0.25, 0.3) is 0 Å². The number of ketones is 1. The predicted molar refractivity (Wildman–Crippen MR) is 118 cm³/mol. The monoisotopic (exact) mass is 446 g/mol. The fourth-order valence-electron chi connectivity index (χ4n) is 4.22. The first kappa shape index (κ1) is 23.2. The number of Topliss-reactive ketones (excluding diaryl/α,β-unsaturated/α-hetero) is 1. The molecule has 1 unspecified atom stereocenters. The smallest absolute Gasteiger partial charge is 0.354 e. The lowest BCUT2D eigenvalue weighted by Crippen LogP contribution is -2.45. The van der Waals surface area contributed by atoms with Crippen molar-refractivity contribution in [3.63, 3.8) is 0 Å².